The Labute approximate surface area is 130 Å². The molecule has 0 aliphatic heterocycles. The van der Waals surface area contributed by atoms with Crippen molar-refractivity contribution in [2.45, 2.75) is 38.7 Å². The molecule has 1 atom stereocenters. The Morgan fingerprint density at radius 1 is 1.33 bits per heavy atom. The number of benzene rings is 1. The molecule has 0 saturated heterocycles. The Morgan fingerprint density at radius 3 is 2.52 bits per heavy atom. The summed E-state index contributed by atoms with van der Waals surface area (Å²) in [5, 5.41) is 3.29. The highest BCUT2D eigenvalue weighted by Crippen LogP contribution is 2.29. The fourth-order valence-corrected chi connectivity index (χ4v) is 2.36. The van der Waals surface area contributed by atoms with Crippen molar-refractivity contribution in [2.24, 2.45) is 0 Å². The molecule has 0 aliphatic rings. The summed E-state index contributed by atoms with van der Waals surface area (Å²) in [4.78, 5) is 0. The van der Waals surface area contributed by atoms with Crippen molar-refractivity contribution in [1.82, 2.24) is 5.32 Å². The predicted octanol–water partition coefficient (Wildman–Crippen LogP) is 4.79. The first-order valence-electron chi connectivity index (χ1n) is 6.59. The Morgan fingerprint density at radius 2 is 2.00 bits per heavy atom. The Hall–Kier alpha value is -0.820. The van der Waals surface area contributed by atoms with Crippen LogP contribution in [0.2, 0.25) is 0 Å². The molecule has 1 aromatic rings. The van der Waals surface area contributed by atoms with Gasteiger partial charge in [0, 0.05) is 10.5 Å². The van der Waals surface area contributed by atoms with E-state index in [0.717, 1.165) is 18.5 Å². The molecule has 120 valence electrons. The lowest BCUT2D eigenvalue weighted by atomic mass is 10.1. The van der Waals surface area contributed by atoms with E-state index in [1.54, 1.807) is 6.07 Å². The molecular formula is C14H18BrF4NO. The average Bonchev–Trinajstić information content (AvgIpc) is 2.42. The van der Waals surface area contributed by atoms with Crippen molar-refractivity contribution >= 4 is 15.9 Å². The second-order valence-corrected chi connectivity index (χ2v) is 5.56. The van der Waals surface area contributed by atoms with E-state index >= 15 is 0 Å². The SMILES string of the molecule is CCCNC(C)c1ccc(OCC(F)(F)C(F)F)cc1Br. The lowest BCUT2D eigenvalue weighted by molar-refractivity contribution is -0.148. The molecule has 0 radical (unpaired) electrons. The van der Waals surface area contributed by atoms with E-state index in [2.05, 4.69) is 28.2 Å². The van der Waals surface area contributed by atoms with Crippen molar-refractivity contribution < 1.29 is 22.3 Å². The maximum atomic E-state index is 12.8. The first kappa shape index (κ1) is 18.2. The molecule has 0 aromatic heterocycles. The molecule has 0 spiro atoms. The van der Waals surface area contributed by atoms with Crippen LogP contribution in [0.3, 0.4) is 0 Å². The molecule has 0 bridgehead atoms. The third-order valence-electron chi connectivity index (χ3n) is 2.89. The Balaban J connectivity index is 2.70. The lowest BCUT2D eigenvalue weighted by Gasteiger charge is -2.18. The molecule has 1 aromatic carbocycles. The van der Waals surface area contributed by atoms with E-state index in [-0.39, 0.29) is 11.8 Å². The normalized spacial score (nSPS) is 13.5. The van der Waals surface area contributed by atoms with E-state index in [1.165, 1.54) is 12.1 Å². The molecule has 1 rings (SSSR count). The first-order valence-corrected chi connectivity index (χ1v) is 7.38. The van der Waals surface area contributed by atoms with Gasteiger partial charge in [0.25, 0.3) is 0 Å². The fourth-order valence-electron chi connectivity index (χ4n) is 1.66. The standard InChI is InChI=1S/C14H18BrF4NO/c1-3-6-20-9(2)11-5-4-10(7-12(11)15)21-8-14(18,19)13(16)17/h4-5,7,9,13,20H,3,6,8H2,1-2H3. The third kappa shape index (κ3) is 5.47. The topological polar surface area (TPSA) is 21.3 Å². The Kier molecular flexibility index (Phi) is 6.93. The molecule has 0 amide bonds. The van der Waals surface area contributed by atoms with Crippen LogP contribution in [0, 0.1) is 0 Å². The minimum atomic E-state index is -4.15. The molecule has 1 unspecified atom stereocenters. The van der Waals surface area contributed by atoms with Crippen LogP contribution in [0.5, 0.6) is 5.75 Å². The van der Waals surface area contributed by atoms with Gasteiger partial charge in [-0.1, -0.05) is 28.9 Å². The molecule has 21 heavy (non-hydrogen) atoms. The fraction of sp³-hybridized carbons (Fsp3) is 0.571. The van der Waals surface area contributed by atoms with Gasteiger partial charge >= 0.3 is 12.3 Å². The van der Waals surface area contributed by atoms with Gasteiger partial charge in [-0.15, -0.1) is 0 Å². The minimum Gasteiger partial charge on any atom is -0.487 e. The van der Waals surface area contributed by atoms with Crippen LogP contribution in [-0.2, 0) is 0 Å². The van der Waals surface area contributed by atoms with E-state index in [0.29, 0.717) is 4.47 Å². The van der Waals surface area contributed by atoms with Gasteiger partial charge in [-0.2, -0.15) is 8.78 Å². The Bertz CT molecular complexity index is 457. The zero-order valence-corrected chi connectivity index (χ0v) is 13.4. The maximum Gasteiger partial charge on any atom is 0.340 e. The van der Waals surface area contributed by atoms with Crippen LogP contribution in [0.25, 0.3) is 0 Å². The van der Waals surface area contributed by atoms with Gasteiger partial charge in [-0.05, 0) is 37.6 Å². The second kappa shape index (κ2) is 7.98. The van der Waals surface area contributed by atoms with Crippen LogP contribution in [0.15, 0.2) is 22.7 Å². The van der Waals surface area contributed by atoms with Gasteiger partial charge in [0.15, 0.2) is 6.61 Å². The predicted molar refractivity (Wildman–Crippen MR) is 77.3 cm³/mol. The molecule has 0 fully saturated rings. The second-order valence-electron chi connectivity index (χ2n) is 4.71. The minimum absolute atomic E-state index is 0.0795. The van der Waals surface area contributed by atoms with Crippen LogP contribution >= 0.6 is 15.9 Å². The van der Waals surface area contributed by atoms with Gasteiger partial charge in [0.05, 0.1) is 0 Å². The summed E-state index contributed by atoms with van der Waals surface area (Å²) >= 11 is 3.33. The van der Waals surface area contributed by atoms with E-state index in [9.17, 15) is 17.6 Å². The van der Waals surface area contributed by atoms with Crippen molar-refractivity contribution in [2.75, 3.05) is 13.2 Å². The van der Waals surface area contributed by atoms with Crippen molar-refractivity contribution in [1.29, 1.82) is 0 Å². The lowest BCUT2D eigenvalue weighted by Crippen LogP contribution is -2.33. The van der Waals surface area contributed by atoms with Crippen LogP contribution in [-0.4, -0.2) is 25.5 Å². The summed E-state index contributed by atoms with van der Waals surface area (Å²) in [6, 6.07) is 4.79. The van der Waals surface area contributed by atoms with Gasteiger partial charge < -0.3 is 10.1 Å². The van der Waals surface area contributed by atoms with Crippen LogP contribution in [0.1, 0.15) is 31.9 Å². The number of hydrogen-bond acceptors (Lipinski definition) is 2. The molecule has 0 heterocycles. The zero-order chi connectivity index (χ0) is 16.0. The molecule has 0 aliphatic carbocycles. The summed E-state index contributed by atoms with van der Waals surface area (Å²) in [5.41, 5.74) is 0.941. The number of nitrogens with one attached hydrogen (secondary N) is 1. The number of rotatable bonds is 8. The molecule has 2 nitrogen and oxygen atoms in total. The average molecular weight is 372 g/mol. The van der Waals surface area contributed by atoms with Gasteiger partial charge in [-0.25, -0.2) is 8.78 Å². The highest BCUT2D eigenvalue weighted by atomic mass is 79.9. The van der Waals surface area contributed by atoms with E-state index < -0.39 is 19.0 Å². The monoisotopic (exact) mass is 371 g/mol. The van der Waals surface area contributed by atoms with Crippen molar-refractivity contribution in [3.63, 3.8) is 0 Å². The van der Waals surface area contributed by atoms with Crippen molar-refractivity contribution in [3.05, 3.63) is 28.2 Å². The summed E-state index contributed by atoms with van der Waals surface area (Å²) in [5.74, 6) is -4.03. The first-order chi connectivity index (χ1) is 9.77. The highest BCUT2D eigenvalue weighted by molar-refractivity contribution is 9.10. The van der Waals surface area contributed by atoms with E-state index in [4.69, 9.17) is 4.74 Å². The number of ether oxygens (including phenoxy) is 1. The number of halogens is 5. The highest BCUT2D eigenvalue weighted by Gasteiger charge is 2.41. The summed E-state index contributed by atoms with van der Waals surface area (Å²) in [6.07, 6.45) is -2.75. The number of hydrogen-bond donors (Lipinski definition) is 1. The molecule has 1 N–H and O–H groups in total. The third-order valence-corrected chi connectivity index (χ3v) is 3.58. The largest absolute Gasteiger partial charge is 0.487 e. The van der Waals surface area contributed by atoms with Gasteiger partial charge in [0.1, 0.15) is 5.75 Å². The maximum absolute atomic E-state index is 12.8. The zero-order valence-electron chi connectivity index (χ0n) is 11.8. The van der Waals surface area contributed by atoms with E-state index in [1.807, 2.05) is 6.92 Å². The van der Waals surface area contributed by atoms with Crippen molar-refractivity contribution in [3.8, 4) is 5.75 Å². The summed E-state index contributed by atoms with van der Waals surface area (Å²) in [7, 11) is 0. The molecule has 7 heteroatoms. The quantitative estimate of drug-likeness (QED) is 0.663. The molecule has 0 saturated carbocycles. The van der Waals surface area contributed by atoms with Crippen LogP contribution in [0.4, 0.5) is 17.6 Å². The van der Waals surface area contributed by atoms with Gasteiger partial charge in [-0.3, -0.25) is 0 Å². The number of alkyl halides is 4. The molecular weight excluding hydrogens is 354 g/mol. The van der Waals surface area contributed by atoms with Gasteiger partial charge in [0.2, 0.25) is 0 Å². The summed E-state index contributed by atoms with van der Waals surface area (Å²) < 4.78 is 55.1. The van der Waals surface area contributed by atoms with Crippen LogP contribution < -0.4 is 10.1 Å². The smallest absolute Gasteiger partial charge is 0.340 e. The summed E-state index contributed by atoms with van der Waals surface area (Å²) in [6.45, 7) is 3.53.